The van der Waals surface area contributed by atoms with Crippen molar-refractivity contribution in [1.82, 2.24) is 14.9 Å². The number of hydrogen-bond acceptors (Lipinski definition) is 2. The van der Waals surface area contributed by atoms with E-state index in [0.717, 1.165) is 55.6 Å². The van der Waals surface area contributed by atoms with Crippen molar-refractivity contribution in [3.63, 3.8) is 0 Å². The first-order valence-electron chi connectivity index (χ1n) is 7.04. The summed E-state index contributed by atoms with van der Waals surface area (Å²) >= 11 is 0. The van der Waals surface area contributed by atoms with Gasteiger partial charge in [-0.05, 0) is 31.4 Å². The smallest absolute Gasteiger partial charge is 0.222 e. The molecule has 4 heteroatoms. The lowest BCUT2D eigenvalue weighted by molar-refractivity contribution is -0.130. The van der Waals surface area contributed by atoms with Crippen LogP contribution in [0.15, 0.2) is 24.3 Å². The van der Waals surface area contributed by atoms with Crippen LogP contribution >= 0.6 is 0 Å². The van der Waals surface area contributed by atoms with Crippen LogP contribution in [0.1, 0.15) is 31.5 Å². The van der Waals surface area contributed by atoms with E-state index in [1.54, 1.807) is 0 Å². The number of hydrogen-bond donors (Lipinski definition) is 1. The van der Waals surface area contributed by atoms with Gasteiger partial charge in [0, 0.05) is 25.9 Å². The van der Waals surface area contributed by atoms with Crippen molar-refractivity contribution in [1.29, 1.82) is 0 Å². The maximum absolute atomic E-state index is 11.9. The zero-order chi connectivity index (χ0) is 13.1. The Morgan fingerprint density at radius 2 is 2.05 bits per heavy atom. The van der Waals surface area contributed by atoms with Crippen LogP contribution in [0.5, 0.6) is 0 Å². The predicted octanol–water partition coefficient (Wildman–Crippen LogP) is 2.51. The van der Waals surface area contributed by atoms with E-state index in [4.69, 9.17) is 0 Å². The Kier molecular flexibility index (Phi) is 3.49. The topological polar surface area (TPSA) is 49.0 Å². The summed E-state index contributed by atoms with van der Waals surface area (Å²) in [6.07, 6.45) is 4.67. The molecule has 1 aromatic carbocycles. The van der Waals surface area contributed by atoms with E-state index in [0.29, 0.717) is 12.3 Å². The molecule has 100 valence electrons. The quantitative estimate of drug-likeness (QED) is 0.915. The number of para-hydroxylation sites is 2. The average Bonchev–Trinajstić information content (AvgIpc) is 3.07. The van der Waals surface area contributed by atoms with Crippen LogP contribution in [0.25, 0.3) is 11.0 Å². The number of rotatable bonds is 4. The molecule has 0 aliphatic carbocycles. The molecule has 0 bridgehead atoms. The van der Waals surface area contributed by atoms with Crippen LogP contribution in [0.2, 0.25) is 0 Å². The van der Waals surface area contributed by atoms with Gasteiger partial charge in [0.25, 0.3) is 0 Å². The molecule has 4 nitrogen and oxygen atoms in total. The SMILES string of the molecule is O=C(CCCc1nc2ccccc2[nH]1)N1CCCC1. The molecule has 1 amide bonds. The largest absolute Gasteiger partial charge is 0.343 e. The van der Waals surface area contributed by atoms with Crippen LogP contribution in [0.4, 0.5) is 0 Å². The Morgan fingerprint density at radius 3 is 2.84 bits per heavy atom. The normalized spacial score (nSPS) is 15.3. The number of aromatic amines is 1. The summed E-state index contributed by atoms with van der Waals surface area (Å²) in [5, 5.41) is 0. The monoisotopic (exact) mass is 257 g/mol. The molecule has 2 aromatic rings. The molecule has 2 heterocycles. The molecule has 0 atom stereocenters. The third-order valence-corrected chi connectivity index (χ3v) is 3.70. The van der Waals surface area contributed by atoms with Gasteiger partial charge in [-0.2, -0.15) is 0 Å². The van der Waals surface area contributed by atoms with E-state index in [1.807, 2.05) is 29.2 Å². The Bertz CT molecular complexity index is 537. The van der Waals surface area contributed by atoms with Crippen LogP contribution in [0.3, 0.4) is 0 Å². The number of nitrogens with zero attached hydrogens (tertiary/aromatic N) is 2. The van der Waals surface area contributed by atoms with Crippen molar-refractivity contribution >= 4 is 16.9 Å². The Morgan fingerprint density at radius 1 is 1.26 bits per heavy atom. The number of aromatic nitrogens is 2. The molecule has 0 saturated carbocycles. The molecule has 0 spiro atoms. The van der Waals surface area contributed by atoms with Crippen LogP contribution in [-0.2, 0) is 11.2 Å². The summed E-state index contributed by atoms with van der Waals surface area (Å²) in [7, 11) is 0. The van der Waals surface area contributed by atoms with Crippen LogP contribution in [0, 0.1) is 0 Å². The summed E-state index contributed by atoms with van der Waals surface area (Å²) in [5.41, 5.74) is 2.08. The summed E-state index contributed by atoms with van der Waals surface area (Å²) < 4.78 is 0. The molecule has 3 rings (SSSR count). The van der Waals surface area contributed by atoms with E-state index in [2.05, 4.69) is 9.97 Å². The Balaban J connectivity index is 1.53. The first kappa shape index (κ1) is 12.2. The number of carbonyl (C=O) groups is 1. The number of fused-ring (bicyclic) bond motifs is 1. The van der Waals surface area contributed by atoms with E-state index >= 15 is 0 Å². The van der Waals surface area contributed by atoms with Gasteiger partial charge < -0.3 is 9.88 Å². The van der Waals surface area contributed by atoms with E-state index in [1.165, 1.54) is 0 Å². The summed E-state index contributed by atoms with van der Waals surface area (Å²) in [6.45, 7) is 1.90. The highest BCUT2D eigenvalue weighted by molar-refractivity contribution is 5.76. The van der Waals surface area contributed by atoms with Crippen molar-refractivity contribution in [3.05, 3.63) is 30.1 Å². The van der Waals surface area contributed by atoms with Crippen LogP contribution < -0.4 is 0 Å². The fourth-order valence-corrected chi connectivity index (χ4v) is 2.66. The van der Waals surface area contributed by atoms with Gasteiger partial charge in [-0.3, -0.25) is 4.79 Å². The molecular formula is C15H19N3O. The zero-order valence-corrected chi connectivity index (χ0v) is 11.1. The Labute approximate surface area is 112 Å². The number of H-pyrrole nitrogens is 1. The highest BCUT2D eigenvalue weighted by Gasteiger charge is 2.17. The number of benzene rings is 1. The Hall–Kier alpha value is -1.84. The summed E-state index contributed by atoms with van der Waals surface area (Å²) in [4.78, 5) is 21.7. The highest BCUT2D eigenvalue weighted by Crippen LogP contribution is 2.13. The standard InChI is InChI=1S/C15H19N3O/c19-15(18-10-3-4-11-18)9-5-8-14-16-12-6-1-2-7-13(12)17-14/h1-2,6-7H,3-5,8-11H2,(H,16,17). The molecule has 0 unspecified atom stereocenters. The van der Waals surface area contributed by atoms with Crippen molar-refractivity contribution in [3.8, 4) is 0 Å². The summed E-state index contributed by atoms with van der Waals surface area (Å²) in [5.74, 6) is 1.28. The van der Waals surface area contributed by atoms with E-state index in [9.17, 15) is 4.79 Å². The minimum atomic E-state index is 0.300. The van der Waals surface area contributed by atoms with Gasteiger partial charge in [0.15, 0.2) is 0 Å². The van der Waals surface area contributed by atoms with Crippen LogP contribution in [-0.4, -0.2) is 33.9 Å². The fourth-order valence-electron chi connectivity index (χ4n) is 2.66. The van der Waals surface area contributed by atoms with Gasteiger partial charge in [-0.15, -0.1) is 0 Å². The maximum Gasteiger partial charge on any atom is 0.222 e. The first-order valence-corrected chi connectivity index (χ1v) is 7.04. The van der Waals surface area contributed by atoms with Gasteiger partial charge in [-0.1, -0.05) is 12.1 Å². The highest BCUT2D eigenvalue weighted by atomic mass is 16.2. The maximum atomic E-state index is 11.9. The number of likely N-dealkylation sites (tertiary alicyclic amines) is 1. The van der Waals surface area contributed by atoms with Gasteiger partial charge in [0.05, 0.1) is 11.0 Å². The second-order valence-corrected chi connectivity index (χ2v) is 5.14. The van der Waals surface area contributed by atoms with Gasteiger partial charge >= 0.3 is 0 Å². The third kappa shape index (κ3) is 2.78. The molecule has 1 N–H and O–H groups in total. The number of nitrogens with one attached hydrogen (secondary N) is 1. The molecule has 19 heavy (non-hydrogen) atoms. The fraction of sp³-hybridized carbons (Fsp3) is 0.467. The summed E-state index contributed by atoms with van der Waals surface area (Å²) in [6, 6.07) is 8.02. The molecule has 1 fully saturated rings. The van der Waals surface area contributed by atoms with E-state index < -0.39 is 0 Å². The number of carbonyl (C=O) groups excluding carboxylic acids is 1. The lowest BCUT2D eigenvalue weighted by Crippen LogP contribution is -2.27. The van der Waals surface area contributed by atoms with Gasteiger partial charge in [0.1, 0.15) is 5.82 Å². The minimum Gasteiger partial charge on any atom is -0.343 e. The lowest BCUT2D eigenvalue weighted by atomic mass is 10.2. The van der Waals surface area contributed by atoms with Crippen molar-refractivity contribution in [2.75, 3.05) is 13.1 Å². The number of amides is 1. The van der Waals surface area contributed by atoms with Crippen molar-refractivity contribution in [2.24, 2.45) is 0 Å². The predicted molar refractivity (Wildman–Crippen MR) is 74.8 cm³/mol. The third-order valence-electron chi connectivity index (χ3n) is 3.70. The van der Waals surface area contributed by atoms with Crippen molar-refractivity contribution < 1.29 is 4.79 Å². The molecule has 1 aliphatic heterocycles. The molecule has 1 saturated heterocycles. The van der Waals surface area contributed by atoms with Gasteiger partial charge in [0.2, 0.25) is 5.91 Å². The first-order chi connectivity index (χ1) is 9.33. The zero-order valence-electron chi connectivity index (χ0n) is 11.1. The second-order valence-electron chi connectivity index (χ2n) is 5.14. The van der Waals surface area contributed by atoms with Gasteiger partial charge in [-0.25, -0.2) is 4.98 Å². The average molecular weight is 257 g/mol. The molecule has 1 aromatic heterocycles. The number of aryl methyl sites for hydroxylation is 1. The van der Waals surface area contributed by atoms with E-state index in [-0.39, 0.29) is 0 Å². The molecule has 0 radical (unpaired) electrons. The second kappa shape index (κ2) is 5.43. The number of imidazole rings is 1. The molecular weight excluding hydrogens is 238 g/mol. The lowest BCUT2D eigenvalue weighted by Gasteiger charge is -2.14. The van der Waals surface area contributed by atoms with Crippen molar-refractivity contribution in [2.45, 2.75) is 32.1 Å². The molecule has 1 aliphatic rings. The minimum absolute atomic E-state index is 0.300.